The molecule has 0 atom stereocenters. The van der Waals surface area contributed by atoms with Crippen LogP contribution in [-0.2, 0) is 12.4 Å². The Morgan fingerprint density at radius 3 is 2.52 bits per heavy atom. The van der Waals surface area contributed by atoms with Crippen LogP contribution in [-0.4, -0.2) is 12.5 Å². The van der Waals surface area contributed by atoms with Crippen LogP contribution in [0.1, 0.15) is 28.4 Å². The van der Waals surface area contributed by atoms with Gasteiger partial charge in [-0.3, -0.25) is 4.79 Å². The van der Waals surface area contributed by atoms with E-state index in [1.54, 1.807) is 24.3 Å². The molecule has 0 unspecified atom stereocenters. The fourth-order valence-electron chi connectivity index (χ4n) is 1.98. The van der Waals surface area contributed by atoms with Crippen LogP contribution in [0.3, 0.4) is 0 Å². The van der Waals surface area contributed by atoms with E-state index in [4.69, 9.17) is 16.3 Å². The Hall–Kier alpha value is -2.00. The Morgan fingerprint density at radius 2 is 1.86 bits per heavy atom. The number of rotatable bonds is 6. The minimum absolute atomic E-state index is 0.102. The van der Waals surface area contributed by atoms with Gasteiger partial charge in [-0.05, 0) is 42.3 Å². The summed E-state index contributed by atoms with van der Waals surface area (Å²) in [6, 6.07) is 15.0. The third kappa shape index (κ3) is 4.50. The van der Waals surface area contributed by atoms with Crippen molar-refractivity contribution in [1.82, 2.24) is 5.32 Å². The minimum Gasteiger partial charge on any atom is -0.494 e. The summed E-state index contributed by atoms with van der Waals surface area (Å²) in [5.41, 5.74) is 2.70. The van der Waals surface area contributed by atoms with Crippen molar-refractivity contribution in [1.29, 1.82) is 0 Å². The van der Waals surface area contributed by atoms with E-state index in [0.717, 1.165) is 16.9 Å². The number of hydrogen-bond donors (Lipinski definition) is 1. The van der Waals surface area contributed by atoms with Gasteiger partial charge in [0.05, 0.1) is 6.61 Å². The van der Waals surface area contributed by atoms with Crippen LogP contribution in [0.2, 0.25) is 0 Å². The smallest absolute Gasteiger partial charge is 0.251 e. The zero-order valence-corrected chi connectivity index (χ0v) is 12.7. The topological polar surface area (TPSA) is 38.3 Å². The molecule has 0 aliphatic carbocycles. The number of nitrogens with one attached hydrogen (secondary N) is 1. The molecule has 0 aromatic heterocycles. The van der Waals surface area contributed by atoms with Crippen LogP contribution in [0.4, 0.5) is 0 Å². The second-order valence-corrected chi connectivity index (χ2v) is 4.86. The molecule has 4 heteroatoms. The largest absolute Gasteiger partial charge is 0.494 e. The number of halogens is 1. The average Bonchev–Trinajstić information content (AvgIpc) is 2.54. The van der Waals surface area contributed by atoms with E-state index < -0.39 is 0 Å². The van der Waals surface area contributed by atoms with Crippen LogP contribution >= 0.6 is 11.6 Å². The van der Waals surface area contributed by atoms with E-state index in [0.29, 0.717) is 24.6 Å². The van der Waals surface area contributed by atoms with Crippen molar-refractivity contribution in [3.63, 3.8) is 0 Å². The van der Waals surface area contributed by atoms with E-state index in [-0.39, 0.29) is 5.91 Å². The second kappa shape index (κ2) is 7.70. The van der Waals surface area contributed by atoms with Gasteiger partial charge in [-0.2, -0.15) is 0 Å². The standard InChI is InChI=1S/C17H18ClNO2/c1-2-21-16-8-6-15(7-9-16)17(20)19-12-14-5-3-4-13(10-14)11-18/h3-10H,2,11-12H2,1H3,(H,19,20). The third-order valence-electron chi connectivity index (χ3n) is 3.03. The van der Waals surface area contributed by atoms with E-state index in [1.165, 1.54) is 0 Å². The zero-order chi connectivity index (χ0) is 15.1. The number of alkyl halides is 1. The molecule has 0 aliphatic heterocycles. The van der Waals surface area contributed by atoms with Crippen molar-refractivity contribution in [2.24, 2.45) is 0 Å². The van der Waals surface area contributed by atoms with Gasteiger partial charge in [-0.15, -0.1) is 11.6 Å². The van der Waals surface area contributed by atoms with Gasteiger partial charge >= 0.3 is 0 Å². The molecule has 2 aromatic carbocycles. The third-order valence-corrected chi connectivity index (χ3v) is 3.33. The van der Waals surface area contributed by atoms with Gasteiger partial charge in [0, 0.05) is 18.0 Å². The number of carbonyl (C=O) groups excluding carboxylic acids is 1. The van der Waals surface area contributed by atoms with Gasteiger partial charge in [0.2, 0.25) is 0 Å². The van der Waals surface area contributed by atoms with Crippen molar-refractivity contribution < 1.29 is 9.53 Å². The lowest BCUT2D eigenvalue weighted by Gasteiger charge is -2.07. The number of ether oxygens (including phenoxy) is 1. The molecule has 0 saturated carbocycles. The summed E-state index contributed by atoms with van der Waals surface area (Å²) in [7, 11) is 0. The fourth-order valence-corrected chi connectivity index (χ4v) is 2.14. The summed E-state index contributed by atoms with van der Waals surface area (Å²) >= 11 is 5.80. The Labute approximate surface area is 129 Å². The fraction of sp³-hybridized carbons (Fsp3) is 0.235. The normalized spacial score (nSPS) is 10.2. The zero-order valence-electron chi connectivity index (χ0n) is 11.9. The molecule has 1 N–H and O–H groups in total. The van der Waals surface area contributed by atoms with E-state index in [9.17, 15) is 4.79 Å². The number of benzene rings is 2. The highest BCUT2D eigenvalue weighted by atomic mass is 35.5. The molecule has 0 radical (unpaired) electrons. The average molecular weight is 304 g/mol. The van der Waals surface area contributed by atoms with Crippen molar-refractivity contribution in [3.05, 3.63) is 65.2 Å². The number of hydrogen-bond acceptors (Lipinski definition) is 2. The lowest BCUT2D eigenvalue weighted by atomic mass is 10.1. The maximum Gasteiger partial charge on any atom is 0.251 e. The predicted octanol–water partition coefficient (Wildman–Crippen LogP) is 3.75. The van der Waals surface area contributed by atoms with Gasteiger partial charge in [-0.25, -0.2) is 0 Å². The summed E-state index contributed by atoms with van der Waals surface area (Å²) < 4.78 is 5.35. The molecule has 3 nitrogen and oxygen atoms in total. The van der Waals surface area contributed by atoms with Crippen LogP contribution in [0.25, 0.3) is 0 Å². The lowest BCUT2D eigenvalue weighted by Crippen LogP contribution is -2.22. The van der Waals surface area contributed by atoms with Gasteiger partial charge in [-0.1, -0.05) is 24.3 Å². The molecular weight excluding hydrogens is 286 g/mol. The monoisotopic (exact) mass is 303 g/mol. The Balaban J connectivity index is 1.94. The van der Waals surface area contributed by atoms with Crippen molar-refractivity contribution >= 4 is 17.5 Å². The quantitative estimate of drug-likeness (QED) is 0.825. The summed E-state index contributed by atoms with van der Waals surface area (Å²) in [5, 5.41) is 2.90. The highest BCUT2D eigenvalue weighted by Gasteiger charge is 2.05. The molecule has 2 aromatic rings. The van der Waals surface area contributed by atoms with Crippen molar-refractivity contribution in [3.8, 4) is 5.75 Å². The highest BCUT2D eigenvalue weighted by Crippen LogP contribution is 2.12. The molecular formula is C17H18ClNO2. The van der Waals surface area contributed by atoms with E-state index in [2.05, 4.69) is 5.32 Å². The number of amides is 1. The van der Waals surface area contributed by atoms with Crippen LogP contribution in [0, 0.1) is 0 Å². The molecule has 110 valence electrons. The molecule has 0 heterocycles. The Bertz CT molecular complexity index is 596. The molecule has 0 fully saturated rings. The molecule has 0 saturated heterocycles. The molecule has 1 amide bonds. The van der Waals surface area contributed by atoms with Gasteiger partial charge in [0.15, 0.2) is 0 Å². The van der Waals surface area contributed by atoms with E-state index in [1.807, 2.05) is 31.2 Å². The maximum atomic E-state index is 12.1. The van der Waals surface area contributed by atoms with Gasteiger partial charge < -0.3 is 10.1 Å². The van der Waals surface area contributed by atoms with Crippen LogP contribution in [0.5, 0.6) is 5.75 Å². The summed E-state index contributed by atoms with van der Waals surface area (Å²) in [6.07, 6.45) is 0. The molecule has 2 rings (SSSR count). The predicted molar refractivity (Wildman–Crippen MR) is 84.8 cm³/mol. The molecule has 0 bridgehead atoms. The summed E-state index contributed by atoms with van der Waals surface area (Å²) in [6.45, 7) is 3.02. The lowest BCUT2D eigenvalue weighted by molar-refractivity contribution is 0.0951. The molecule has 0 aliphatic rings. The highest BCUT2D eigenvalue weighted by molar-refractivity contribution is 6.17. The first-order valence-corrected chi connectivity index (χ1v) is 7.41. The Morgan fingerprint density at radius 1 is 1.14 bits per heavy atom. The first-order chi connectivity index (χ1) is 10.2. The minimum atomic E-state index is -0.102. The first-order valence-electron chi connectivity index (χ1n) is 6.87. The molecule has 21 heavy (non-hydrogen) atoms. The summed E-state index contributed by atoms with van der Waals surface area (Å²) in [5.74, 6) is 1.14. The van der Waals surface area contributed by atoms with Gasteiger partial charge in [0.1, 0.15) is 5.75 Å². The summed E-state index contributed by atoms with van der Waals surface area (Å²) in [4.78, 5) is 12.1. The van der Waals surface area contributed by atoms with Crippen LogP contribution < -0.4 is 10.1 Å². The molecule has 0 spiro atoms. The van der Waals surface area contributed by atoms with Crippen molar-refractivity contribution in [2.45, 2.75) is 19.3 Å². The maximum absolute atomic E-state index is 12.1. The second-order valence-electron chi connectivity index (χ2n) is 4.59. The van der Waals surface area contributed by atoms with E-state index >= 15 is 0 Å². The number of carbonyl (C=O) groups is 1. The Kier molecular flexibility index (Phi) is 5.64. The van der Waals surface area contributed by atoms with Crippen LogP contribution in [0.15, 0.2) is 48.5 Å². The SMILES string of the molecule is CCOc1ccc(C(=O)NCc2cccc(CCl)c2)cc1. The van der Waals surface area contributed by atoms with Gasteiger partial charge in [0.25, 0.3) is 5.91 Å². The first kappa shape index (κ1) is 15.4. The van der Waals surface area contributed by atoms with Crippen molar-refractivity contribution in [2.75, 3.05) is 6.61 Å².